The van der Waals surface area contributed by atoms with E-state index in [9.17, 15) is 0 Å². The first-order chi connectivity index (χ1) is 12.7. The maximum Gasteiger partial charge on any atom is 0.203 e. The van der Waals surface area contributed by atoms with Gasteiger partial charge in [0, 0.05) is 24.6 Å². The van der Waals surface area contributed by atoms with E-state index in [4.69, 9.17) is 18.7 Å². The van der Waals surface area contributed by atoms with Gasteiger partial charge in [0.25, 0.3) is 0 Å². The highest BCUT2D eigenvalue weighted by Crippen LogP contribution is 2.42. The van der Waals surface area contributed by atoms with E-state index in [-0.39, 0.29) is 6.04 Å². The van der Waals surface area contributed by atoms with E-state index in [0.717, 1.165) is 61.5 Å². The lowest BCUT2D eigenvalue weighted by Crippen LogP contribution is -2.23. The molecular weight excluding hydrogens is 332 g/mol. The van der Waals surface area contributed by atoms with Crippen LogP contribution >= 0.6 is 0 Å². The standard InChI is InChI=1S/C20H28N2O4/c1-5-7-15-12-16(21-26-15)17-8-6-11-22(17)13-14-9-10-18(23-2)20(25-4)19(14)24-3/h9-10,12,17H,5-8,11,13H2,1-4H3/t17-/m0/s1. The van der Waals surface area contributed by atoms with E-state index in [1.54, 1.807) is 21.3 Å². The first-order valence-corrected chi connectivity index (χ1v) is 9.19. The van der Waals surface area contributed by atoms with Gasteiger partial charge < -0.3 is 18.7 Å². The molecule has 2 aromatic rings. The van der Waals surface area contributed by atoms with Crippen LogP contribution < -0.4 is 14.2 Å². The summed E-state index contributed by atoms with van der Waals surface area (Å²) in [4.78, 5) is 2.43. The molecule has 3 rings (SSSR count). The Balaban J connectivity index is 1.83. The molecule has 1 aliphatic heterocycles. The van der Waals surface area contributed by atoms with Gasteiger partial charge in [-0.05, 0) is 31.9 Å². The second kappa shape index (κ2) is 8.45. The van der Waals surface area contributed by atoms with Crippen LogP contribution in [-0.4, -0.2) is 37.9 Å². The number of ether oxygens (including phenoxy) is 3. The van der Waals surface area contributed by atoms with E-state index in [1.165, 1.54) is 0 Å². The molecule has 2 heterocycles. The summed E-state index contributed by atoms with van der Waals surface area (Å²) < 4.78 is 22.0. The van der Waals surface area contributed by atoms with Crippen LogP contribution in [0.5, 0.6) is 17.2 Å². The number of hydrogen-bond acceptors (Lipinski definition) is 6. The van der Waals surface area contributed by atoms with Crippen molar-refractivity contribution in [1.29, 1.82) is 0 Å². The van der Waals surface area contributed by atoms with Crippen LogP contribution in [0.4, 0.5) is 0 Å². The topological polar surface area (TPSA) is 57.0 Å². The molecule has 1 aliphatic rings. The molecule has 0 radical (unpaired) electrons. The molecule has 0 spiro atoms. The maximum atomic E-state index is 5.63. The van der Waals surface area contributed by atoms with Crippen LogP contribution in [0, 0.1) is 0 Å². The van der Waals surface area contributed by atoms with Crippen molar-refractivity contribution in [2.45, 2.75) is 45.2 Å². The summed E-state index contributed by atoms with van der Waals surface area (Å²) >= 11 is 0. The number of aryl methyl sites for hydroxylation is 1. The van der Waals surface area contributed by atoms with Gasteiger partial charge in [-0.2, -0.15) is 0 Å². The molecule has 0 saturated carbocycles. The third kappa shape index (κ3) is 3.65. The highest BCUT2D eigenvalue weighted by atomic mass is 16.5. The number of rotatable bonds is 8. The second-order valence-electron chi connectivity index (χ2n) is 6.59. The fourth-order valence-electron chi connectivity index (χ4n) is 3.71. The van der Waals surface area contributed by atoms with E-state index in [1.807, 2.05) is 12.1 Å². The molecular formula is C20H28N2O4. The zero-order chi connectivity index (χ0) is 18.5. The molecule has 1 fully saturated rings. The fourth-order valence-corrected chi connectivity index (χ4v) is 3.71. The highest BCUT2D eigenvalue weighted by Gasteiger charge is 2.30. The summed E-state index contributed by atoms with van der Waals surface area (Å²) in [7, 11) is 4.93. The van der Waals surface area contributed by atoms with Gasteiger partial charge in [0.15, 0.2) is 11.5 Å². The average molecular weight is 360 g/mol. The molecule has 6 heteroatoms. The molecule has 0 aliphatic carbocycles. The van der Waals surface area contributed by atoms with Crippen molar-refractivity contribution in [2.75, 3.05) is 27.9 Å². The lowest BCUT2D eigenvalue weighted by Gasteiger charge is -2.24. The number of aromatic nitrogens is 1. The van der Waals surface area contributed by atoms with E-state index < -0.39 is 0 Å². The number of hydrogen-bond donors (Lipinski definition) is 0. The Bertz CT molecular complexity index is 729. The summed E-state index contributed by atoms with van der Waals surface area (Å²) in [5, 5.41) is 4.32. The SMILES string of the molecule is CCCc1cc([C@@H]2CCCN2Cc2ccc(OC)c(OC)c2OC)no1. The van der Waals surface area contributed by atoms with Crippen LogP contribution in [0.3, 0.4) is 0 Å². The van der Waals surface area contributed by atoms with Crippen molar-refractivity contribution in [3.63, 3.8) is 0 Å². The molecule has 1 atom stereocenters. The number of methoxy groups -OCH3 is 3. The Labute approximate surface area is 155 Å². The van der Waals surface area contributed by atoms with E-state index in [2.05, 4.69) is 23.0 Å². The van der Waals surface area contributed by atoms with Gasteiger partial charge in [0.2, 0.25) is 5.75 Å². The largest absolute Gasteiger partial charge is 0.493 e. The zero-order valence-corrected chi connectivity index (χ0v) is 16.1. The predicted molar refractivity (Wildman–Crippen MR) is 99.0 cm³/mol. The first-order valence-electron chi connectivity index (χ1n) is 9.19. The van der Waals surface area contributed by atoms with Gasteiger partial charge >= 0.3 is 0 Å². The van der Waals surface area contributed by atoms with Crippen molar-refractivity contribution in [1.82, 2.24) is 10.1 Å². The lowest BCUT2D eigenvalue weighted by molar-refractivity contribution is 0.231. The van der Waals surface area contributed by atoms with Crippen LogP contribution in [-0.2, 0) is 13.0 Å². The first kappa shape index (κ1) is 18.6. The molecule has 1 aromatic heterocycles. The Kier molecular flexibility index (Phi) is 6.04. The Hall–Kier alpha value is -2.21. The molecule has 6 nitrogen and oxygen atoms in total. The van der Waals surface area contributed by atoms with E-state index >= 15 is 0 Å². The maximum absolute atomic E-state index is 5.63. The third-order valence-electron chi connectivity index (χ3n) is 4.94. The summed E-state index contributed by atoms with van der Waals surface area (Å²) in [6.45, 7) is 3.94. The number of nitrogens with zero attached hydrogens (tertiary/aromatic N) is 2. The molecule has 0 amide bonds. The number of benzene rings is 1. The molecule has 0 N–H and O–H groups in total. The molecule has 1 aromatic carbocycles. The molecule has 142 valence electrons. The molecule has 1 saturated heterocycles. The summed E-state index contributed by atoms with van der Waals surface area (Å²) in [6.07, 6.45) is 4.24. The lowest BCUT2D eigenvalue weighted by atomic mass is 10.1. The van der Waals surface area contributed by atoms with Crippen LogP contribution in [0.1, 0.15) is 49.2 Å². The quantitative estimate of drug-likeness (QED) is 0.709. The van der Waals surface area contributed by atoms with Crippen molar-refractivity contribution < 1.29 is 18.7 Å². The number of likely N-dealkylation sites (tertiary alicyclic amines) is 1. The highest BCUT2D eigenvalue weighted by molar-refractivity contribution is 5.55. The second-order valence-corrected chi connectivity index (χ2v) is 6.59. The Morgan fingerprint density at radius 3 is 2.65 bits per heavy atom. The van der Waals surface area contributed by atoms with Gasteiger partial charge in [0.05, 0.1) is 27.4 Å². The third-order valence-corrected chi connectivity index (χ3v) is 4.94. The van der Waals surface area contributed by atoms with Crippen molar-refractivity contribution in [3.05, 3.63) is 35.2 Å². The average Bonchev–Trinajstić information content (AvgIpc) is 3.30. The smallest absolute Gasteiger partial charge is 0.203 e. The van der Waals surface area contributed by atoms with Crippen molar-refractivity contribution >= 4 is 0 Å². The van der Waals surface area contributed by atoms with Crippen LogP contribution in [0.25, 0.3) is 0 Å². The monoisotopic (exact) mass is 360 g/mol. The minimum atomic E-state index is 0.280. The van der Waals surface area contributed by atoms with Gasteiger partial charge in [0.1, 0.15) is 11.5 Å². The van der Waals surface area contributed by atoms with Crippen LogP contribution in [0.2, 0.25) is 0 Å². The summed E-state index contributed by atoms with van der Waals surface area (Å²) in [6, 6.07) is 6.36. The van der Waals surface area contributed by atoms with E-state index in [0.29, 0.717) is 11.5 Å². The van der Waals surface area contributed by atoms with Crippen molar-refractivity contribution in [2.24, 2.45) is 0 Å². The fraction of sp³-hybridized carbons (Fsp3) is 0.550. The van der Waals surface area contributed by atoms with Crippen LogP contribution in [0.15, 0.2) is 22.7 Å². The van der Waals surface area contributed by atoms with Crippen molar-refractivity contribution in [3.8, 4) is 17.2 Å². The Morgan fingerprint density at radius 1 is 1.15 bits per heavy atom. The molecule has 0 unspecified atom stereocenters. The van der Waals surface area contributed by atoms with Gasteiger partial charge in [-0.25, -0.2) is 0 Å². The zero-order valence-electron chi connectivity index (χ0n) is 16.1. The van der Waals surface area contributed by atoms with Gasteiger partial charge in [-0.1, -0.05) is 18.1 Å². The van der Waals surface area contributed by atoms with Gasteiger partial charge in [-0.15, -0.1) is 0 Å². The normalized spacial score (nSPS) is 17.5. The molecule has 0 bridgehead atoms. The Morgan fingerprint density at radius 2 is 1.96 bits per heavy atom. The molecule has 26 heavy (non-hydrogen) atoms. The predicted octanol–water partition coefficient (Wildman–Crippen LogP) is 3.99. The minimum Gasteiger partial charge on any atom is -0.493 e. The van der Waals surface area contributed by atoms with Gasteiger partial charge in [-0.3, -0.25) is 4.90 Å². The summed E-state index contributed by atoms with van der Waals surface area (Å²) in [5.41, 5.74) is 2.11. The summed E-state index contributed by atoms with van der Waals surface area (Å²) in [5.74, 6) is 3.00. The minimum absolute atomic E-state index is 0.280.